The first-order valence-corrected chi connectivity index (χ1v) is 11.7. The summed E-state index contributed by atoms with van der Waals surface area (Å²) < 4.78 is 0. The van der Waals surface area contributed by atoms with Gasteiger partial charge in [0, 0.05) is 50.2 Å². The van der Waals surface area contributed by atoms with E-state index in [1.54, 1.807) is 29.2 Å². The highest BCUT2D eigenvalue weighted by molar-refractivity contribution is 6.30. The number of aliphatic hydroxyl groups is 1. The fourth-order valence-corrected chi connectivity index (χ4v) is 4.81. The van der Waals surface area contributed by atoms with Crippen LogP contribution < -0.4 is 0 Å². The van der Waals surface area contributed by atoms with Gasteiger partial charge >= 0.3 is 0 Å². The monoisotopic (exact) mass is 445 g/mol. The molecule has 2 heterocycles. The minimum atomic E-state index is -0.193. The molecule has 2 aliphatic heterocycles. The van der Waals surface area contributed by atoms with Crippen LogP contribution in [0.25, 0.3) is 6.08 Å². The number of halogens is 1. The molecule has 7 heteroatoms. The average Bonchev–Trinajstić information content (AvgIpc) is 3.56. The van der Waals surface area contributed by atoms with Gasteiger partial charge in [0.25, 0.3) is 0 Å². The lowest BCUT2D eigenvalue weighted by molar-refractivity contribution is -0.130. The lowest BCUT2D eigenvalue weighted by Crippen LogP contribution is -2.46. The van der Waals surface area contributed by atoms with Crippen molar-refractivity contribution in [3.63, 3.8) is 0 Å². The van der Waals surface area contributed by atoms with Gasteiger partial charge in [0.2, 0.25) is 11.8 Å². The number of amides is 2. The SMILES string of the molecule is O=C(/C=C/c1ccc(Cl)cc1)N1CCC(=O)N(CCCN2CCC3(CC3)C(O)C2)CC1. The zero-order chi connectivity index (χ0) is 21.8. The van der Waals surface area contributed by atoms with E-state index in [1.807, 2.05) is 17.0 Å². The zero-order valence-corrected chi connectivity index (χ0v) is 18.8. The largest absolute Gasteiger partial charge is 0.391 e. The van der Waals surface area contributed by atoms with Gasteiger partial charge in [-0.25, -0.2) is 0 Å². The number of carbonyl (C=O) groups is 2. The first-order valence-electron chi connectivity index (χ1n) is 11.4. The summed E-state index contributed by atoms with van der Waals surface area (Å²) in [6.45, 7) is 5.01. The Morgan fingerprint density at radius 2 is 1.87 bits per heavy atom. The highest BCUT2D eigenvalue weighted by Gasteiger charge is 2.50. The molecule has 31 heavy (non-hydrogen) atoms. The second-order valence-corrected chi connectivity index (χ2v) is 9.56. The van der Waals surface area contributed by atoms with Gasteiger partial charge in [-0.2, -0.15) is 0 Å². The van der Waals surface area contributed by atoms with E-state index in [0.717, 1.165) is 38.0 Å². The summed E-state index contributed by atoms with van der Waals surface area (Å²) >= 11 is 5.89. The van der Waals surface area contributed by atoms with E-state index in [4.69, 9.17) is 11.6 Å². The Morgan fingerprint density at radius 1 is 1.10 bits per heavy atom. The summed E-state index contributed by atoms with van der Waals surface area (Å²) in [4.78, 5) is 31.1. The summed E-state index contributed by atoms with van der Waals surface area (Å²) in [6, 6.07) is 7.32. The Hall–Kier alpha value is -1.89. The van der Waals surface area contributed by atoms with Crippen LogP contribution in [0.5, 0.6) is 0 Å². The molecule has 3 fully saturated rings. The van der Waals surface area contributed by atoms with Crippen LogP contribution in [-0.4, -0.2) is 83.5 Å². The van der Waals surface area contributed by atoms with Crippen molar-refractivity contribution >= 4 is 29.5 Å². The van der Waals surface area contributed by atoms with Gasteiger partial charge in [-0.05, 0) is 68.0 Å². The number of hydrogen-bond donors (Lipinski definition) is 1. The molecule has 1 aliphatic carbocycles. The number of likely N-dealkylation sites (tertiary alicyclic amines) is 1. The van der Waals surface area contributed by atoms with Crippen molar-refractivity contribution in [2.75, 3.05) is 45.8 Å². The molecule has 0 bridgehead atoms. The molecule has 1 saturated carbocycles. The highest BCUT2D eigenvalue weighted by atomic mass is 35.5. The van der Waals surface area contributed by atoms with Crippen LogP contribution in [0.2, 0.25) is 5.02 Å². The minimum Gasteiger partial charge on any atom is -0.391 e. The van der Waals surface area contributed by atoms with Crippen molar-refractivity contribution in [2.24, 2.45) is 5.41 Å². The molecule has 2 amide bonds. The van der Waals surface area contributed by atoms with Crippen molar-refractivity contribution < 1.29 is 14.7 Å². The van der Waals surface area contributed by atoms with Crippen molar-refractivity contribution in [2.45, 2.75) is 38.2 Å². The predicted octanol–water partition coefficient (Wildman–Crippen LogP) is 2.65. The summed E-state index contributed by atoms with van der Waals surface area (Å²) in [5.74, 6) is 0.0495. The van der Waals surface area contributed by atoms with Crippen LogP contribution in [0.1, 0.15) is 37.7 Å². The maximum atomic E-state index is 12.6. The van der Waals surface area contributed by atoms with E-state index < -0.39 is 0 Å². The third kappa shape index (κ3) is 5.68. The molecule has 2 saturated heterocycles. The first kappa shape index (κ1) is 22.3. The van der Waals surface area contributed by atoms with Crippen LogP contribution >= 0.6 is 11.6 Å². The van der Waals surface area contributed by atoms with Crippen molar-refractivity contribution in [3.8, 4) is 0 Å². The van der Waals surface area contributed by atoms with Gasteiger partial charge in [-0.3, -0.25) is 9.59 Å². The minimum absolute atomic E-state index is 0.0686. The van der Waals surface area contributed by atoms with Crippen LogP contribution in [0, 0.1) is 5.41 Å². The van der Waals surface area contributed by atoms with E-state index in [0.29, 0.717) is 37.6 Å². The predicted molar refractivity (Wildman–Crippen MR) is 122 cm³/mol. The summed E-state index contributed by atoms with van der Waals surface area (Å²) in [7, 11) is 0. The van der Waals surface area contributed by atoms with Crippen LogP contribution in [0.3, 0.4) is 0 Å². The third-order valence-electron chi connectivity index (χ3n) is 7.05. The third-order valence-corrected chi connectivity index (χ3v) is 7.30. The van der Waals surface area contributed by atoms with E-state index >= 15 is 0 Å². The van der Waals surface area contributed by atoms with Gasteiger partial charge < -0.3 is 19.8 Å². The molecule has 0 aromatic heterocycles. The second kappa shape index (κ2) is 9.72. The lowest BCUT2D eigenvalue weighted by Gasteiger charge is -2.36. The van der Waals surface area contributed by atoms with Gasteiger partial charge in [0.15, 0.2) is 0 Å². The first-order chi connectivity index (χ1) is 14.9. The molecule has 1 spiro atoms. The second-order valence-electron chi connectivity index (χ2n) is 9.12. The maximum Gasteiger partial charge on any atom is 0.246 e. The molecule has 0 radical (unpaired) electrons. The summed E-state index contributed by atoms with van der Waals surface area (Å²) in [5, 5.41) is 11.0. The van der Waals surface area contributed by atoms with Gasteiger partial charge in [0.05, 0.1) is 6.10 Å². The van der Waals surface area contributed by atoms with E-state index in [9.17, 15) is 14.7 Å². The number of aliphatic hydroxyl groups excluding tert-OH is 1. The number of rotatable bonds is 6. The fraction of sp³-hybridized carbons (Fsp3) is 0.583. The van der Waals surface area contributed by atoms with Crippen LogP contribution in [-0.2, 0) is 9.59 Å². The van der Waals surface area contributed by atoms with Crippen LogP contribution in [0.4, 0.5) is 0 Å². The molecular formula is C24H32ClN3O3. The quantitative estimate of drug-likeness (QED) is 0.684. The highest BCUT2D eigenvalue weighted by Crippen LogP contribution is 2.53. The Morgan fingerprint density at radius 3 is 2.58 bits per heavy atom. The van der Waals surface area contributed by atoms with Gasteiger partial charge in [0.1, 0.15) is 0 Å². The number of hydrogen-bond acceptors (Lipinski definition) is 4. The number of piperidine rings is 1. The molecule has 1 N–H and O–H groups in total. The fourth-order valence-electron chi connectivity index (χ4n) is 4.68. The molecule has 6 nitrogen and oxygen atoms in total. The number of nitrogens with zero attached hydrogens (tertiary/aromatic N) is 3. The van der Waals surface area contributed by atoms with Gasteiger partial charge in [-0.1, -0.05) is 23.7 Å². The topological polar surface area (TPSA) is 64.1 Å². The molecule has 4 rings (SSSR count). The van der Waals surface area contributed by atoms with Gasteiger partial charge in [-0.15, -0.1) is 0 Å². The molecule has 168 valence electrons. The number of β-amino-alcohol motifs (C(OH)–C–C–N with tert-alkyl or cyclic N) is 1. The van der Waals surface area contributed by atoms with Crippen LogP contribution in [0.15, 0.2) is 30.3 Å². The Labute approximate surface area is 189 Å². The molecule has 1 atom stereocenters. The van der Waals surface area contributed by atoms with E-state index in [-0.39, 0.29) is 23.3 Å². The van der Waals surface area contributed by atoms with Crippen molar-refractivity contribution in [1.29, 1.82) is 0 Å². The number of benzene rings is 1. The Kier molecular flexibility index (Phi) is 6.99. The molecule has 1 aromatic carbocycles. The van der Waals surface area contributed by atoms with E-state index in [1.165, 1.54) is 12.8 Å². The smallest absolute Gasteiger partial charge is 0.246 e. The summed E-state index contributed by atoms with van der Waals surface area (Å²) in [6.07, 6.45) is 7.86. The molecular weight excluding hydrogens is 414 g/mol. The number of carbonyl (C=O) groups excluding carboxylic acids is 2. The van der Waals surface area contributed by atoms with Crippen molar-refractivity contribution in [1.82, 2.24) is 14.7 Å². The lowest BCUT2D eigenvalue weighted by atomic mass is 9.90. The summed E-state index contributed by atoms with van der Waals surface area (Å²) in [5.41, 5.74) is 1.15. The zero-order valence-electron chi connectivity index (χ0n) is 18.0. The molecule has 1 aromatic rings. The Balaban J connectivity index is 1.21. The molecule has 1 unspecified atom stereocenters. The van der Waals surface area contributed by atoms with Crippen molar-refractivity contribution in [3.05, 3.63) is 40.9 Å². The maximum absolute atomic E-state index is 12.6. The standard InChI is InChI=1S/C24H32ClN3O3/c25-20-5-2-19(3-6-20)4-7-22(30)28-14-8-23(31)27(16-17-28)13-1-12-26-15-11-24(9-10-24)21(29)18-26/h2-7,21,29H,1,8-18H2/b7-4+. The van der Waals surface area contributed by atoms with E-state index in [2.05, 4.69) is 4.90 Å². The Bertz CT molecular complexity index is 822. The normalized spacial score (nSPS) is 24.1. The molecule has 3 aliphatic rings. The average molecular weight is 446 g/mol.